The first kappa shape index (κ1) is 29.0. The van der Waals surface area contributed by atoms with Crippen LogP contribution in [-0.2, 0) is 20.1 Å². The van der Waals surface area contributed by atoms with E-state index in [-0.39, 0.29) is 20.1 Å². The maximum Gasteiger partial charge on any atom is 0.180 e. The van der Waals surface area contributed by atoms with E-state index in [1.165, 1.54) is 23.1 Å². The van der Waals surface area contributed by atoms with Gasteiger partial charge < -0.3 is 23.9 Å². The third-order valence-corrected chi connectivity index (χ3v) is 6.35. The molecule has 40 heavy (non-hydrogen) atoms. The van der Waals surface area contributed by atoms with Crippen molar-refractivity contribution in [3.63, 3.8) is 0 Å². The van der Waals surface area contributed by atoms with Crippen LogP contribution in [0, 0.1) is 19.2 Å². The standard InChI is InChI=1S/C23H24N3O.C9H6N3.Ir/c1-14(2)18-7-6-8-19(15(3)4)22(18)26-12-11-24-23(26)17-9-10-21-20(13-17)25-16(5)27-21;1-2-4-12-9(3-1)8-5-10-7-11-6-8;/h6-8,10-15H,1-5H3;1-5,7H;/q2*-1;. The van der Waals surface area contributed by atoms with Crippen molar-refractivity contribution in [1.82, 2.24) is 29.5 Å². The molecule has 0 saturated heterocycles. The summed E-state index contributed by atoms with van der Waals surface area (Å²) in [5.41, 5.74) is 8.01. The van der Waals surface area contributed by atoms with Gasteiger partial charge in [0.1, 0.15) is 0 Å². The number of benzene rings is 2. The first-order valence-electron chi connectivity index (χ1n) is 13.0. The third kappa shape index (κ3) is 6.24. The minimum Gasteiger partial charge on any atom is -0.488 e. The number of rotatable bonds is 5. The average Bonchev–Trinajstić information content (AvgIpc) is 3.59. The molecule has 8 heteroatoms. The van der Waals surface area contributed by atoms with E-state index in [2.05, 4.69) is 87.6 Å². The van der Waals surface area contributed by atoms with Gasteiger partial charge in [-0.15, -0.1) is 23.8 Å². The summed E-state index contributed by atoms with van der Waals surface area (Å²) >= 11 is 0. The van der Waals surface area contributed by atoms with Gasteiger partial charge >= 0.3 is 0 Å². The van der Waals surface area contributed by atoms with Crippen LogP contribution >= 0.6 is 0 Å². The second-order valence-corrected chi connectivity index (χ2v) is 9.81. The van der Waals surface area contributed by atoms with Crippen LogP contribution < -0.4 is 0 Å². The first-order chi connectivity index (χ1) is 18.9. The molecule has 0 aliphatic rings. The zero-order valence-corrected chi connectivity index (χ0v) is 25.5. The average molecular weight is 707 g/mol. The fourth-order valence-electron chi connectivity index (χ4n) is 4.50. The molecule has 6 aromatic rings. The number of oxazole rings is 1. The predicted octanol–water partition coefficient (Wildman–Crippen LogP) is 7.37. The van der Waals surface area contributed by atoms with Crippen LogP contribution in [0.4, 0.5) is 0 Å². The molecule has 0 N–H and O–H groups in total. The number of nitrogens with zero attached hydrogens (tertiary/aromatic N) is 6. The predicted molar refractivity (Wildman–Crippen MR) is 152 cm³/mol. The van der Waals surface area contributed by atoms with Crippen molar-refractivity contribution in [1.29, 1.82) is 0 Å². The van der Waals surface area contributed by atoms with Gasteiger partial charge in [-0.25, -0.2) is 4.98 Å². The summed E-state index contributed by atoms with van der Waals surface area (Å²) in [5, 5.41) is 0. The minimum atomic E-state index is 0. The number of aromatic nitrogens is 6. The summed E-state index contributed by atoms with van der Waals surface area (Å²) in [6.45, 7) is 10.8. The van der Waals surface area contributed by atoms with Crippen LogP contribution in [0.5, 0.6) is 0 Å². The van der Waals surface area contributed by atoms with Crippen molar-refractivity contribution in [2.24, 2.45) is 0 Å². The van der Waals surface area contributed by atoms with Crippen LogP contribution in [0.2, 0.25) is 0 Å². The normalized spacial score (nSPS) is 10.9. The SMILES string of the molecule is Cc1nc2cc(-c3nccn3-c3c(C(C)C)cccc3C(C)C)[c-]cc2o1.[Ir].[c-]1ncncc1-c1ccccn1. The number of fused-ring (bicyclic) bond motifs is 1. The molecule has 0 saturated carbocycles. The zero-order valence-electron chi connectivity index (χ0n) is 23.1. The van der Waals surface area contributed by atoms with E-state index >= 15 is 0 Å². The molecule has 0 spiro atoms. The summed E-state index contributed by atoms with van der Waals surface area (Å²) in [6, 6.07) is 19.4. The summed E-state index contributed by atoms with van der Waals surface area (Å²) in [5.74, 6) is 2.36. The van der Waals surface area contributed by atoms with E-state index in [0.29, 0.717) is 17.7 Å². The van der Waals surface area contributed by atoms with Gasteiger partial charge in [0.15, 0.2) is 5.89 Å². The van der Waals surface area contributed by atoms with E-state index in [9.17, 15) is 0 Å². The molecule has 0 bridgehead atoms. The fraction of sp³-hybridized carbons (Fsp3) is 0.219. The Balaban J connectivity index is 0.000000238. The number of hydrogen-bond acceptors (Lipinski definition) is 6. The van der Waals surface area contributed by atoms with Crippen molar-refractivity contribution >= 4 is 11.1 Å². The van der Waals surface area contributed by atoms with Gasteiger partial charge in [0.05, 0.1) is 11.4 Å². The van der Waals surface area contributed by atoms with Crippen molar-refractivity contribution in [3.05, 3.63) is 109 Å². The van der Waals surface area contributed by atoms with Gasteiger partial charge in [-0.2, -0.15) is 0 Å². The Bertz CT molecular complexity index is 1610. The van der Waals surface area contributed by atoms with Crippen LogP contribution in [0.25, 0.3) is 39.4 Å². The Labute approximate surface area is 248 Å². The Morgan fingerprint density at radius 3 is 2.33 bits per heavy atom. The van der Waals surface area contributed by atoms with E-state index in [0.717, 1.165) is 33.7 Å². The van der Waals surface area contributed by atoms with Gasteiger partial charge in [0.2, 0.25) is 0 Å². The molecule has 1 radical (unpaired) electrons. The van der Waals surface area contributed by atoms with Crippen LogP contribution in [0.1, 0.15) is 56.5 Å². The van der Waals surface area contributed by atoms with Crippen molar-refractivity contribution in [3.8, 4) is 28.3 Å². The molecular formula is C32H30IrN6O-2. The second kappa shape index (κ2) is 12.9. The van der Waals surface area contributed by atoms with E-state index in [1.807, 2.05) is 49.6 Å². The van der Waals surface area contributed by atoms with Gasteiger partial charge in [0.25, 0.3) is 0 Å². The van der Waals surface area contributed by atoms with Gasteiger partial charge in [-0.05, 0) is 40.9 Å². The molecule has 0 aliphatic carbocycles. The second-order valence-electron chi connectivity index (χ2n) is 9.81. The molecule has 6 rings (SSSR count). The van der Waals surface area contributed by atoms with E-state index in [4.69, 9.17) is 4.42 Å². The Morgan fingerprint density at radius 2 is 1.68 bits per heavy atom. The van der Waals surface area contributed by atoms with Crippen LogP contribution in [-0.4, -0.2) is 29.5 Å². The largest absolute Gasteiger partial charge is 0.488 e. The number of hydrogen-bond donors (Lipinski definition) is 0. The summed E-state index contributed by atoms with van der Waals surface area (Å²) < 4.78 is 7.78. The topological polar surface area (TPSA) is 82.5 Å². The Morgan fingerprint density at radius 1 is 0.900 bits per heavy atom. The maximum absolute atomic E-state index is 5.59. The number of pyridine rings is 1. The molecule has 0 amide bonds. The molecule has 0 fully saturated rings. The quantitative estimate of drug-likeness (QED) is 0.174. The van der Waals surface area contributed by atoms with Gasteiger partial charge in [-0.1, -0.05) is 69.8 Å². The van der Waals surface area contributed by atoms with Gasteiger partial charge in [-0.3, -0.25) is 4.98 Å². The van der Waals surface area contributed by atoms with Crippen LogP contribution in [0.3, 0.4) is 0 Å². The van der Waals surface area contributed by atoms with Crippen LogP contribution in [0.15, 0.2) is 84.1 Å². The molecule has 0 atom stereocenters. The summed E-state index contributed by atoms with van der Waals surface area (Å²) in [6.07, 6.45) is 11.6. The zero-order chi connectivity index (χ0) is 27.4. The van der Waals surface area contributed by atoms with E-state index < -0.39 is 0 Å². The molecule has 2 aromatic carbocycles. The summed E-state index contributed by atoms with van der Waals surface area (Å²) in [7, 11) is 0. The number of imidazole rings is 1. The Hall–Kier alpha value is -4.00. The smallest absolute Gasteiger partial charge is 0.180 e. The minimum absolute atomic E-state index is 0. The molecular weight excluding hydrogens is 677 g/mol. The van der Waals surface area contributed by atoms with E-state index in [1.54, 1.807) is 12.4 Å². The number of aryl methyl sites for hydroxylation is 1. The van der Waals surface area contributed by atoms with Crippen molar-refractivity contribution < 1.29 is 24.5 Å². The molecule has 205 valence electrons. The fourth-order valence-corrected chi connectivity index (χ4v) is 4.50. The molecule has 7 nitrogen and oxygen atoms in total. The molecule has 0 unspecified atom stereocenters. The summed E-state index contributed by atoms with van der Waals surface area (Å²) in [4.78, 5) is 20.9. The maximum atomic E-state index is 5.59. The number of para-hydroxylation sites is 1. The monoisotopic (exact) mass is 707 g/mol. The Kier molecular flexibility index (Phi) is 9.35. The van der Waals surface area contributed by atoms with Crippen molar-refractivity contribution in [2.45, 2.75) is 46.5 Å². The first-order valence-corrected chi connectivity index (χ1v) is 13.0. The molecule has 0 aliphatic heterocycles. The molecule has 4 aromatic heterocycles. The third-order valence-electron chi connectivity index (χ3n) is 6.35. The van der Waals surface area contributed by atoms with Gasteiger partial charge in [0, 0.05) is 63.2 Å². The molecule has 4 heterocycles. The van der Waals surface area contributed by atoms with Crippen molar-refractivity contribution in [2.75, 3.05) is 0 Å².